The van der Waals surface area contributed by atoms with Gasteiger partial charge in [0.2, 0.25) is 17.4 Å². The summed E-state index contributed by atoms with van der Waals surface area (Å²) >= 11 is 0. The quantitative estimate of drug-likeness (QED) is 0.105. The standard InChI is InChI=1S/C27H28F8O2/c1-3-5-6-7-8-13-9-11-14(12-10-13)27(36)37-26-24(34)22(32)17(23(33)25(26)35)16-20(30)18(28)15(4-2)19(29)21(16)31/h13-14H,3-12H2,1-2H3. The van der Waals surface area contributed by atoms with Crippen molar-refractivity contribution in [1.29, 1.82) is 0 Å². The molecular formula is C27H28F8O2. The van der Waals surface area contributed by atoms with Gasteiger partial charge < -0.3 is 4.74 Å². The SMILES string of the molecule is CCCCCCC1CCC(C(=O)Oc2c(F)c(F)c(-c3c(F)c(F)c(CC)c(F)c3F)c(F)c2F)CC1. The van der Waals surface area contributed by atoms with Crippen LogP contribution in [0.2, 0.25) is 0 Å². The molecule has 2 aromatic carbocycles. The Morgan fingerprint density at radius 3 is 1.62 bits per heavy atom. The molecular weight excluding hydrogens is 508 g/mol. The average molecular weight is 537 g/mol. The topological polar surface area (TPSA) is 26.3 Å². The highest BCUT2D eigenvalue weighted by atomic mass is 19.2. The van der Waals surface area contributed by atoms with E-state index in [2.05, 4.69) is 11.7 Å². The summed E-state index contributed by atoms with van der Waals surface area (Å²) in [5, 5.41) is 0. The van der Waals surface area contributed by atoms with E-state index in [0.717, 1.165) is 32.1 Å². The minimum absolute atomic E-state index is 0.363. The molecule has 0 atom stereocenters. The summed E-state index contributed by atoms with van der Waals surface area (Å²) < 4.78 is 121. The molecule has 1 fully saturated rings. The number of rotatable bonds is 9. The molecule has 1 saturated carbocycles. The molecule has 0 unspecified atom stereocenters. The van der Waals surface area contributed by atoms with E-state index in [1.165, 1.54) is 6.92 Å². The minimum Gasteiger partial charge on any atom is -0.420 e. The molecule has 37 heavy (non-hydrogen) atoms. The Bertz CT molecular complexity index is 1100. The van der Waals surface area contributed by atoms with Crippen LogP contribution in [0.4, 0.5) is 35.1 Å². The van der Waals surface area contributed by atoms with Crippen LogP contribution in [-0.4, -0.2) is 5.97 Å². The molecule has 0 spiro atoms. The van der Waals surface area contributed by atoms with Crippen LogP contribution >= 0.6 is 0 Å². The van der Waals surface area contributed by atoms with Crippen molar-refractivity contribution < 1.29 is 44.7 Å². The number of hydrogen-bond acceptors (Lipinski definition) is 2. The van der Waals surface area contributed by atoms with Crippen LogP contribution in [0, 0.1) is 58.4 Å². The number of ether oxygens (including phenoxy) is 1. The van der Waals surface area contributed by atoms with E-state index in [0.29, 0.717) is 31.6 Å². The van der Waals surface area contributed by atoms with Crippen molar-refractivity contribution >= 4 is 5.97 Å². The number of hydrogen-bond donors (Lipinski definition) is 0. The van der Waals surface area contributed by atoms with E-state index < -0.39 is 87.3 Å². The first kappa shape index (κ1) is 28.9. The second-order valence-electron chi connectivity index (χ2n) is 9.41. The molecule has 2 aromatic rings. The normalized spacial score (nSPS) is 17.8. The fraction of sp³-hybridized carbons (Fsp3) is 0.519. The lowest BCUT2D eigenvalue weighted by Crippen LogP contribution is -2.26. The Hall–Kier alpha value is -2.65. The summed E-state index contributed by atoms with van der Waals surface area (Å²) in [6.07, 6.45) is 7.00. The van der Waals surface area contributed by atoms with Gasteiger partial charge in [-0.15, -0.1) is 0 Å². The van der Waals surface area contributed by atoms with Gasteiger partial charge >= 0.3 is 5.97 Å². The first-order chi connectivity index (χ1) is 17.5. The van der Waals surface area contributed by atoms with Crippen LogP contribution in [0.15, 0.2) is 0 Å². The summed E-state index contributed by atoms with van der Waals surface area (Å²) in [6.45, 7) is 3.28. The number of esters is 1. The van der Waals surface area contributed by atoms with Crippen molar-refractivity contribution in [2.45, 2.75) is 78.1 Å². The molecule has 1 aliphatic carbocycles. The van der Waals surface area contributed by atoms with E-state index in [1.807, 2.05) is 0 Å². The molecule has 3 rings (SSSR count). The summed E-state index contributed by atoms with van der Waals surface area (Å²) in [7, 11) is 0. The third-order valence-electron chi connectivity index (χ3n) is 7.03. The van der Waals surface area contributed by atoms with Gasteiger partial charge in [0.05, 0.1) is 17.0 Å². The first-order valence-corrected chi connectivity index (χ1v) is 12.5. The van der Waals surface area contributed by atoms with Gasteiger partial charge in [-0.1, -0.05) is 46.0 Å². The van der Waals surface area contributed by atoms with Gasteiger partial charge in [-0.2, -0.15) is 8.78 Å². The highest BCUT2D eigenvalue weighted by Gasteiger charge is 2.36. The Morgan fingerprint density at radius 1 is 0.676 bits per heavy atom. The van der Waals surface area contributed by atoms with Crippen molar-refractivity contribution in [3.05, 3.63) is 52.1 Å². The number of carbonyl (C=O) groups is 1. The van der Waals surface area contributed by atoms with Crippen molar-refractivity contribution in [2.75, 3.05) is 0 Å². The average Bonchev–Trinajstić information content (AvgIpc) is 2.89. The Kier molecular flexibility index (Phi) is 9.58. The van der Waals surface area contributed by atoms with Crippen molar-refractivity contribution in [3.63, 3.8) is 0 Å². The molecule has 10 heteroatoms. The maximum atomic E-state index is 14.8. The molecule has 0 radical (unpaired) electrons. The highest BCUT2D eigenvalue weighted by Crippen LogP contribution is 2.41. The minimum atomic E-state index is -2.36. The number of unbranched alkanes of at least 4 members (excludes halogenated alkanes) is 3. The summed E-state index contributed by atoms with van der Waals surface area (Å²) in [4.78, 5) is 12.5. The largest absolute Gasteiger partial charge is 0.420 e. The summed E-state index contributed by atoms with van der Waals surface area (Å²) in [5.74, 6) is -20.8. The maximum Gasteiger partial charge on any atom is 0.314 e. The van der Waals surface area contributed by atoms with Gasteiger partial charge in [0.1, 0.15) is 0 Å². The number of benzene rings is 2. The molecule has 204 valence electrons. The van der Waals surface area contributed by atoms with Crippen LogP contribution in [0.3, 0.4) is 0 Å². The molecule has 0 heterocycles. The van der Waals surface area contributed by atoms with Crippen molar-refractivity contribution in [3.8, 4) is 16.9 Å². The van der Waals surface area contributed by atoms with E-state index in [1.54, 1.807) is 0 Å². The molecule has 1 aliphatic rings. The zero-order valence-corrected chi connectivity index (χ0v) is 20.6. The number of carbonyl (C=O) groups excluding carboxylic acids is 1. The van der Waals surface area contributed by atoms with Crippen LogP contribution in [0.5, 0.6) is 5.75 Å². The van der Waals surface area contributed by atoms with Crippen molar-refractivity contribution in [2.24, 2.45) is 11.8 Å². The lowest BCUT2D eigenvalue weighted by atomic mass is 9.80. The summed E-state index contributed by atoms with van der Waals surface area (Å²) in [5.41, 5.74) is -4.98. The van der Waals surface area contributed by atoms with E-state index in [-0.39, 0.29) is 0 Å². The Morgan fingerprint density at radius 2 is 1.16 bits per heavy atom. The number of halogens is 8. The third-order valence-corrected chi connectivity index (χ3v) is 7.03. The van der Waals surface area contributed by atoms with Gasteiger partial charge in [-0.3, -0.25) is 4.79 Å². The zero-order chi connectivity index (χ0) is 27.4. The van der Waals surface area contributed by atoms with Crippen LogP contribution < -0.4 is 4.74 Å². The molecule has 2 nitrogen and oxygen atoms in total. The Balaban J connectivity index is 1.85. The van der Waals surface area contributed by atoms with Crippen LogP contribution in [0.1, 0.15) is 77.2 Å². The smallest absolute Gasteiger partial charge is 0.314 e. The predicted octanol–water partition coefficient (Wildman–Crippen LogP) is 8.71. The maximum absolute atomic E-state index is 14.8. The zero-order valence-electron chi connectivity index (χ0n) is 20.6. The molecule has 0 amide bonds. The van der Waals surface area contributed by atoms with Gasteiger partial charge in [-0.25, -0.2) is 26.3 Å². The van der Waals surface area contributed by atoms with Crippen LogP contribution in [0.25, 0.3) is 11.1 Å². The fourth-order valence-corrected chi connectivity index (χ4v) is 4.86. The fourth-order valence-electron chi connectivity index (χ4n) is 4.86. The molecule has 0 saturated heterocycles. The van der Waals surface area contributed by atoms with Gasteiger partial charge in [-0.05, 0) is 38.0 Å². The lowest BCUT2D eigenvalue weighted by Gasteiger charge is -2.27. The van der Waals surface area contributed by atoms with Gasteiger partial charge in [0.25, 0.3) is 0 Å². The lowest BCUT2D eigenvalue weighted by molar-refractivity contribution is -0.140. The summed E-state index contributed by atoms with van der Waals surface area (Å²) in [6, 6.07) is 0. The Labute approximate surface area is 210 Å². The van der Waals surface area contributed by atoms with E-state index in [9.17, 15) is 39.9 Å². The van der Waals surface area contributed by atoms with Gasteiger partial charge in [0.15, 0.2) is 34.9 Å². The molecule has 0 N–H and O–H groups in total. The van der Waals surface area contributed by atoms with E-state index in [4.69, 9.17) is 0 Å². The second-order valence-corrected chi connectivity index (χ2v) is 9.41. The second kappa shape index (κ2) is 12.3. The molecule has 0 aromatic heterocycles. The molecule has 0 bridgehead atoms. The monoisotopic (exact) mass is 536 g/mol. The van der Waals surface area contributed by atoms with Crippen molar-refractivity contribution in [1.82, 2.24) is 0 Å². The van der Waals surface area contributed by atoms with Crippen LogP contribution in [-0.2, 0) is 11.2 Å². The van der Waals surface area contributed by atoms with Gasteiger partial charge in [0, 0.05) is 5.56 Å². The third kappa shape index (κ3) is 5.77. The highest BCUT2D eigenvalue weighted by molar-refractivity contribution is 5.76. The van der Waals surface area contributed by atoms with E-state index >= 15 is 0 Å². The predicted molar refractivity (Wildman–Crippen MR) is 121 cm³/mol. The first-order valence-electron chi connectivity index (χ1n) is 12.5. The molecule has 0 aliphatic heterocycles.